The highest BCUT2D eigenvalue weighted by atomic mass is 32.2. The van der Waals surface area contributed by atoms with Gasteiger partial charge in [0.05, 0.1) is 5.75 Å². The number of oxazole rings is 1. The third-order valence-electron chi connectivity index (χ3n) is 3.04. The zero-order valence-corrected chi connectivity index (χ0v) is 11.9. The summed E-state index contributed by atoms with van der Waals surface area (Å²) < 4.78 is 29.4. The van der Waals surface area contributed by atoms with Crippen LogP contribution in [0, 0.1) is 5.92 Å². The quantitative estimate of drug-likeness (QED) is 0.851. The highest BCUT2D eigenvalue weighted by molar-refractivity contribution is 7.90. The summed E-state index contributed by atoms with van der Waals surface area (Å²) in [5.74, 6) is 0.366. The Labute approximate surface area is 112 Å². The molecule has 0 radical (unpaired) electrons. The molecule has 0 fully saturated rings. The fraction of sp³-hybridized carbons (Fsp3) is 0.462. The maximum atomic E-state index is 12.0. The molecule has 1 aromatic carbocycles. The second kappa shape index (κ2) is 5.21. The van der Waals surface area contributed by atoms with Gasteiger partial charge >= 0.3 is 0 Å². The van der Waals surface area contributed by atoms with Crippen LogP contribution in [0.1, 0.15) is 26.2 Å². The van der Waals surface area contributed by atoms with E-state index in [1.165, 1.54) is 0 Å². The van der Waals surface area contributed by atoms with Crippen molar-refractivity contribution in [1.29, 1.82) is 0 Å². The first-order valence-corrected chi connectivity index (χ1v) is 8.07. The fourth-order valence-corrected chi connectivity index (χ4v) is 3.57. The van der Waals surface area contributed by atoms with E-state index in [2.05, 4.69) is 4.98 Å². The van der Waals surface area contributed by atoms with Crippen molar-refractivity contribution in [2.45, 2.75) is 26.0 Å². The number of aromatic nitrogens is 1. The molecule has 2 aromatic rings. The van der Waals surface area contributed by atoms with Gasteiger partial charge in [-0.15, -0.1) is 0 Å². The molecule has 0 aliphatic carbocycles. The number of nitrogen functional groups attached to an aromatic ring is 1. The molecule has 1 atom stereocenters. The molecule has 0 bridgehead atoms. The Morgan fingerprint density at radius 1 is 1.42 bits per heavy atom. The molecule has 2 N–H and O–H groups in total. The van der Waals surface area contributed by atoms with E-state index in [-0.39, 0.29) is 23.3 Å². The van der Waals surface area contributed by atoms with Gasteiger partial charge in [-0.2, -0.15) is 0 Å². The lowest BCUT2D eigenvalue weighted by Crippen LogP contribution is -2.15. The molecule has 19 heavy (non-hydrogen) atoms. The average molecular weight is 282 g/mol. The Morgan fingerprint density at radius 3 is 2.84 bits per heavy atom. The van der Waals surface area contributed by atoms with Crippen molar-refractivity contribution in [2.75, 3.05) is 11.5 Å². The molecule has 2 rings (SSSR count). The normalized spacial score (nSPS) is 13.8. The first kappa shape index (κ1) is 13.9. The standard InChI is InChI=1S/C13H18N2O3S/c1-3-9(2)7-19(16,17)8-13-15-11-5-4-10(14)6-12(11)18-13/h4-6,9H,3,7-8,14H2,1-2H3. The van der Waals surface area contributed by atoms with Crippen molar-refractivity contribution < 1.29 is 12.8 Å². The van der Waals surface area contributed by atoms with Crippen LogP contribution in [0.25, 0.3) is 11.1 Å². The van der Waals surface area contributed by atoms with Gasteiger partial charge < -0.3 is 10.2 Å². The van der Waals surface area contributed by atoms with E-state index in [4.69, 9.17) is 10.2 Å². The molecule has 0 saturated heterocycles. The van der Waals surface area contributed by atoms with E-state index < -0.39 is 9.84 Å². The number of rotatable bonds is 5. The number of hydrogen-bond donors (Lipinski definition) is 1. The van der Waals surface area contributed by atoms with Crippen molar-refractivity contribution in [3.8, 4) is 0 Å². The summed E-state index contributed by atoms with van der Waals surface area (Å²) in [5, 5.41) is 0. The summed E-state index contributed by atoms with van der Waals surface area (Å²) in [6.07, 6.45) is 0.837. The molecule has 0 aliphatic heterocycles. The minimum absolute atomic E-state index is 0.144. The largest absolute Gasteiger partial charge is 0.440 e. The first-order valence-electron chi connectivity index (χ1n) is 6.25. The molecule has 1 aromatic heterocycles. The third kappa shape index (κ3) is 3.47. The second-order valence-corrected chi connectivity index (χ2v) is 7.01. The maximum Gasteiger partial charge on any atom is 0.210 e. The third-order valence-corrected chi connectivity index (χ3v) is 4.80. The summed E-state index contributed by atoms with van der Waals surface area (Å²) in [4.78, 5) is 4.17. The predicted octanol–water partition coefficient (Wildman–Crippen LogP) is 2.37. The van der Waals surface area contributed by atoms with Crippen molar-refractivity contribution in [2.24, 2.45) is 5.92 Å². The fourth-order valence-electron chi connectivity index (χ4n) is 1.85. The molecule has 0 spiro atoms. The van der Waals surface area contributed by atoms with Crippen LogP contribution in [0.5, 0.6) is 0 Å². The molecular formula is C13H18N2O3S. The van der Waals surface area contributed by atoms with Crippen LogP contribution in [-0.4, -0.2) is 19.2 Å². The summed E-state index contributed by atoms with van der Waals surface area (Å²) >= 11 is 0. The van der Waals surface area contributed by atoms with Gasteiger partial charge in [0.2, 0.25) is 5.89 Å². The SMILES string of the molecule is CCC(C)CS(=O)(=O)Cc1nc2ccc(N)cc2o1. The average Bonchev–Trinajstić information content (AvgIpc) is 2.68. The van der Waals surface area contributed by atoms with Crippen LogP contribution >= 0.6 is 0 Å². The van der Waals surface area contributed by atoms with Gasteiger partial charge in [0.15, 0.2) is 15.4 Å². The van der Waals surface area contributed by atoms with E-state index >= 15 is 0 Å². The number of hydrogen-bond acceptors (Lipinski definition) is 5. The van der Waals surface area contributed by atoms with E-state index in [9.17, 15) is 8.42 Å². The van der Waals surface area contributed by atoms with Crippen LogP contribution in [0.15, 0.2) is 22.6 Å². The van der Waals surface area contributed by atoms with E-state index in [1.807, 2.05) is 13.8 Å². The molecule has 5 nitrogen and oxygen atoms in total. The minimum atomic E-state index is -3.19. The molecule has 104 valence electrons. The Hall–Kier alpha value is -1.56. The van der Waals surface area contributed by atoms with Gasteiger partial charge in [-0.25, -0.2) is 13.4 Å². The Morgan fingerprint density at radius 2 is 2.16 bits per heavy atom. The highest BCUT2D eigenvalue weighted by Crippen LogP contribution is 2.20. The van der Waals surface area contributed by atoms with Gasteiger partial charge in [-0.05, 0) is 18.1 Å². The molecule has 1 heterocycles. The van der Waals surface area contributed by atoms with Gasteiger partial charge in [0.25, 0.3) is 0 Å². The minimum Gasteiger partial charge on any atom is -0.440 e. The number of nitrogens with two attached hydrogens (primary N) is 1. The van der Waals surface area contributed by atoms with Crippen molar-refractivity contribution >= 4 is 26.6 Å². The zero-order valence-electron chi connectivity index (χ0n) is 11.1. The molecular weight excluding hydrogens is 264 g/mol. The van der Waals surface area contributed by atoms with Gasteiger partial charge in [-0.1, -0.05) is 20.3 Å². The van der Waals surface area contributed by atoms with Crippen LogP contribution in [0.3, 0.4) is 0 Å². The van der Waals surface area contributed by atoms with Crippen molar-refractivity contribution in [1.82, 2.24) is 4.98 Å². The Balaban J connectivity index is 2.21. The van der Waals surface area contributed by atoms with Crippen molar-refractivity contribution in [3.63, 3.8) is 0 Å². The van der Waals surface area contributed by atoms with Crippen LogP contribution < -0.4 is 5.73 Å². The summed E-state index contributed by atoms with van der Waals surface area (Å²) in [5.41, 5.74) is 7.36. The zero-order chi connectivity index (χ0) is 14.0. The lowest BCUT2D eigenvalue weighted by Gasteiger charge is -2.07. The maximum absolute atomic E-state index is 12.0. The predicted molar refractivity (Wildman–Crippen MR) is 75.4 cm³/mol. The lowest BCUT2D eigenvalue weighted by molar-refractivity contribution is 0.531. The topological polar surface area (TPSA) is 86.2 Å². The number of sulfone groups is 1. The summed E-state index contributed by atoms with van der Waals surface area (Å²) in [7, 11) is -3.19. The van der Waals surface area contributed by atoms with Gasteiger partial charge in [0.1, 0.15) is 11.3 Å². The number of benzene rings is 1. The lowest BCUT2D eigenvalue weighted by atomic mass is 10.2. The Bertz CT molecular complexity index is 676. The van der Waals surface area contributed by atoms with Crippen molar-refractivity contribution in [3.05, 3.63) is 24.1 Å². The van der Waals surface area contributed by atoms with Crippen LogP contribution in [-0.2, 0) is 15.6 Å². The number of fused-ring (bicyclic) bond motifs is 1. The molecule has 6 heteroatoms. The van der Waals surface area contributed by atoms with E-state index in [0.29, 0.717) is 16.8 Å². The first-order chi connectivity index (χ1) is 8.89. The van der Waals surface area contributed by atoms with Gasteiger partial charge in [0, 0.05) is 11.8 Å². The smallest absolute Gasteiger partial charge is 0.210 e. The van der Waals surface area contributed by atoms with E-state index in [1.54, 1.807) is 18.2 Å². The van der Waals surface area contributed by atoms with Crippen LogP contribution in [0.4, 0.5) is 5.69 Å². The monoisotopic (exact) mass is 282 g/mol. The van der Waals surface area contributed by atoms with E-state index in [0.717, 1.165) is 6.42 Å². The summed E-state index contributed by atoms with van der Waals surface area (Å²) in [6.45, 7) is 3.90. The molecule has 0 aliphatic rings. The Kier molecular flexibility index (Phi) is 3.80. The van der Waals surface area contributed by atoms with Gasteiger partial charge in [-0.3, -0.25) is 0 Å². The second-order valence-electron chi connectivity index (χ2n) is 4.90. The van der Waals surface area contributed by atoms with Crippen LogP contribution in [0.2, 0.25) is 0 Å². The molecule has 0 amide bonds. The molecule has 0 saturated carbocycles. The molecule has 1 unspecified atom stereocenters. The number of anilines is 1. The summed E-state index contributed by atoms with van der Waals surface area (Å²) in [6, 6.07) is 5.08. The highest BCUT2D eigenvalue weighted by Gasteiger charge is 2.19. The number of nitrogens with zero attached hydrogens (tertiary/aromatic N) is 1.